The van der Waals surface area contributed by atoms with Crippen LogP contribution in [0.25, 0.3) is 0 Å². The number of nitrogens with zero attached hydrogens (tertiary/aromatic N) is 1. The summed E-state index contributed by atoms with van der Waals surface area (Å²) in [5, 5.41) is 0. The Morgan fingerprint density at radius 3 is 2.06 bits per heavy atom. The summed E-state index contributed by atoms with van der Waals surface area (Å²) in [5.74, 6) is -0.865. The molecule has 0 spiro atoms. The molecule has 92 valence electrons. The molecule has 0 N–H and O–H groups in total. The lowest BCUT2D eigenvalue weighted by Gasteiger charge is -2.16. The van der Waals surface area contributed by atoms with Crippen molar-refractivity contribution >= 4 is 11.9 Å². The van der Waals surface area contributed by atoms with Gasteiger partial charge in [0.15, 0.2) is 0 Å². The molecule has 17 heavy (non-hydrogen) atoms. The quantitative estimate of drug-likeness (QED) is 0.363. The molecule has 0 fully saturated rings. The van der Waals surface area contributed by atoms with Gasteiger partial charge in [-0.2, -0.15) is 0 Å². The molecule has 0 saturated carbocycles. The summed E-state index contributed by atoms with van der Waals surface area (Å²) < 4.78 is 4.69. The maximum Gasteiger partial charge on any atom is 0.331 e. The Morgan fingerprint density at radius 2 is 1.59 bits per heavy atom. The van der Waals surface area contributed by atoms with Gasteiger partial charge in [0.2, 0.25) is 5.91 Å². The molecule has 0 aliphatic heterocycles. The Kier molecular flexibility index (Phi) is 8.02. The van der Waals surface area contributed by atoms with Crippen molar-refractivity contribution in [2.24, 2.45) is 0 Å². The third-order valence-corrected chi connectivity index (χ3v) is 1.72. The van der Waals surface area contributed by atoms with Crippen LogP contribution in [0.2, 0.25) is 0 Å². The fraction of sp³-hybridized carbons (Fsp3) is 0.231. The Balaban J connectivity index is 4.31. The number of amides is 1. The third kappa shape index (κ3) is 6.89. The van der Waals surface area contributed by atoms with E-state index in [1.165, 1.54) is 17.1 Å². The molecular formula is C13H17NO3. The van der Waals surface area contributed by atoms with Crippen LogP contribution in [-0.4, -0.2) is 36.5 Å². The first-order valence-electron chi connectivity index (χ1n) is 5.12. The lowest BCUT2D eigenvalue weighted by molar-refractivity contribution is -0.137. The van der Waals surface area contributed by atoms with Gasteiger partial charge < -0.3 is 9.64 Å². The fourth-order valence-corrected chi connectivity index (χ4v) is 1.00. The van der Waals surface area contributed by atoms with E-state index < -0.39 is 5.97 Å². The summed E-state index contributed by atoms with van der Waals surface area (Å²) in [6.07, 6.45) is 6.91. The maximum atomic E-state index is 11.6. The molecular weight excluding hydrogens is 218 g/mol. The van der Waals surface area contributed by atoms with Crippen LogP contribution in [0, 0.1) is 0 Å². The average molecular weight is 235 g/mol. The molecule has 0 radical (unpaired) electrons. The van der Waals surface area contributed by atoms with E-state index in [9.17, 15) is 9.59 Å². The Labute approximate surface area is 102 Å². The van der Waals surface area contributed by atoms with Crippen molar-refractivity contribution in [1.82, 2.24) is 4.90 Å². The maximum absolute atomic E-state index is 11.6. The van der Waals surface area contributed by atoms with Gasteiger partial charge in [0.1, 0.15) is 6.61 Å². The summed E-state index contributed by atoms with van der Waals surface area (Å²) in [6, 6.07) is 0. The summed E-state index contributed by atoms with van der Waals surface area (Å²) in [6.45, 7) is 11.4. The number of rotatable bonds is 8. The Bertz CT molecular complexity index is 322. The summed E-state index contributed by atoms with van der Waals surface area (Å²) in [4.78, 5) is 24.2. The molecule has 0 rings (SSSR count). The minimum atomic E-state index is -0.574. The number of carbonyl (C=O) groups excluding carboxylic acids is 2. The first-order valence-corrected chi connectivity index (χ1v) is 5.12. The minimum absolute atomic E-state index is 0.125. The molecule has 4 nitrogen and oxygen atoms in total. The molecule has 0 unspecified atom stereocenters. The topological polar surface area (TPSA) is 46.6 Å². The van der Waals surface area contributed by atoms with Crippen molar-refractivity contribution in [3.05, 3.63) is 50.1 Å². The number of ether oxygens (including phenoxy) is 1. The highest BCUT2D eigenvalue weighted by molar-refractivity contribution is 5.94. The largest absolute Gasteiger partial charge is 0.458 e. The third-order valence-electron chi connectivity index (χ3n) is 1.72. The first kappa shape index (κ1) is 14.9. The van der Waals surface area contributed by atoms with E-state index in [1.54, 1.807) is 12.2 Å². The van der Waals surface area contributed by atoms with Gasteiger partial charge in [-0.3, -0.25) is 4.79 Å². The van der Waals surface area contributed by atoms with Gasteiger partial charge in [-0.25, -0.2) is 4.79 Å². The SMILES string of the molecule is C=CCOC(=O)/C=C/C(=O)N(CC=C)CC=C. The molecule has 0 saturated heterocycles. The van der Waals surface area contributed by atoms with E-state index in [1.807, 2.05) is 0 Å². The highest BCUT2D eigenvalue weighted by Gasteiger charge is 2.07. The average Bonchev–Trinajstić information content (AvgIpc) is 2.33. The van der Waals surface area contributed by atoms with Gasteiger partial charge in [-0.15, -0.1) is 13.2 Å². The van der Waals surface area contributed by atoms with Crippen molar-refractivity contribution in [2.75, 3.05) is 19.7 Å². The molecule has 0 aliphatic rings. The van der Waals surface area contributed by atoms with Crippen molar-refractivity contribution in [3.63, 3.8) is 0 Å². The van der Waals surface area contributed by atoms with Crippen LogP contribution < -0.4 is 0 Å². The van der Waals surface area contributed by atoms with Crippen molar-refractivity contribution in [3.8, 4) is 0 Å². The molecule has 0 atom stereocenters. The minimum Gasteiger partial charge on any atom is -0.458 e. The number of hydrogen-bond acceptors (Lipinski definition) is 3. The second kappa shape index (κ2) is 9.15. The van der Waals surface area contributed by atoms with Crippen LogP contribution >= 0.6 is 0 Å². The fourth-order valence-electron chi connectivity index (χ4n) is 1.00. The van der Waals surface area contributed by atoms with Gasteiger partial charge in [0, 0.05) is 25.2 Å². The summed E-state index contributed by atoms with van der Waals surface area (Å²) >= 11 is 0. The zero-order valence-electron chi connectivity index (χ0n) is 9.80. The second-order valence-corrected chi connectivity index (χ2v) is 3.07. The van der Waals surface area contributed by atoms with Crippen LogP contribution in [-0.2, 0) is 14.3 Å². The van der Waals surface area contributed by atoms with Crippen molar-refractivity contribution in [2.45, 2.75) is 0 Å². The Hall–Kier alpha value is -2.10. The molecule has 0 aromatic rings. The lowest BCUT2D eigenvalue weighted by Crippen LogP contribution is -2.29. The standard InChI is InChI=1S/C13H17NO3/c1-4-9-14(10-5-2)12(15)7-8-13(16)17-11-6-3/h4-8H,1-3,9-11H2/b8-7+. The predicted octanol–water partition coefficient (Wildman–Crippen LogP) is 1.47. The molecule has 4 heteroatoms. The summed E-state index contributed by atoms with van der Waals surface area (Å²) in [7, 11) is 0. The van der Waals surface area contributed by atoms with E-state index in [-0.39, 0.29) is 12.5 Å². The van der Waals surface area contributed by atoms with Crippen LogP contribution in [0.5, 0.6) is 0 Å². The van der Waals surface area contributed by atoms with Gasteiger partial charge in [0.05, 0.1) is 0 Å². The van der Waals surface area contributed by atoms with Crippen LogP contribution in [0.15, 0.2) is 50.1 Å². The lowest BCUT2D eigenvalue weighted by atomic mass is 10.4. The zero-order valence-corrected chi connectivity index (χ0v) is 9.80. The monoisotopic (exact) mass is 235 g/mol. The molecule has 1 amide bonds. The molecule has 0 bridgehead atoms. The first-order chi connectivity index (χ1) is 8.15. The van der Waals surface area contributed by atoms with Crippen LogP contribution in [0.1, 0.15) is 0 Å². The van der Waals surface area contributed by atoms with E-state index >= 15 is 0 Å². The van der Waals surface area contributed by atoms with Gasteiger partial charge in [-0.1, -0.05) is 24.8 Å². The van der Waals surface area contributed by atoms with Crippen molar-refractivity contribution < 1.29 is 14.3 Å². The highest BCUT2D eigenvalue weighted by atomic mass is 16.5. The zero-order chi connectivity index (χ0) is 13.1. The smallest absolute Gasteiger partial charge is 0.331 e. The van der Waals surface area contributed by atoms with Gasteiger partial charge in [0.25, 0.3) is 0 Å². The normalized spacial score (nSPS) is 9.65. The molecule has 0 heterocycles. The van der Waals surface area contributed by atoms with E-state index in [0.29, 0.717) is 13.1 Å². The van der Waals surface area contributed by atoms with Crippen molar-refractivity contribution in [1.29, 1.82) is 0 Å². The number of carbonyl (C=O) groups is 2. The predicted molar refractivity (Wildman–Crippen MR) is 67.3 cm³/mol. The number of hydrogen-bond donors (Lipinski definition) is 0. The molecule has 0 aromatic carbocycles. The van der Waals surface area contributed by atoms with E-state index in [0.717, 1.165) is 6.08 Å². The highest BCUT2D eigenvalue weighted by Crippen LogP contribution is 1.93. The second-order valence-electron chi connectivity index (χ2n) is 3.07. The van der Waals surface area contributed by atoms with Crippen LogP contribution in [0.4, 0.5) is 0 Å². The molecule has 0 aliphatic carbocycles. The van der Waals surface area contributed by atoms with Crippen LogP contribution in [0.3, 0.4) is 0 Å². The summed E-state index contributed by atoms with van der Waals surface area (Å²) in [5.41, 5.74) is 0. The van der Waals surface area contributed by atoms with E-state index in [2.05, 4.69) is 24.5 Å². The van der Waals surface area contributed by atoms with Gasteiger partial charge in [-0.05, 0) is 0 Å². The van der Waals surface area contributed by atoms with Gasteiger partial charge >= 0.3 is 5.97 Å². The van der Waals surface area contributed by atoms with E-state index in [4.69, 9.17) is 0 Å². The Morgan fingerprint density at radius 1 is 1.00 bits per heavy atom. The number of esters is 1. The molecule has 0 aromatic heterocycles.